The highest BCUT2D eigenvalue weighted by Crippen LogP contribution is 2.40. The van der Waals surface area contributed by atoms with Crippen LogP contribution in [0.4, 0.5) is 0 Å². The van der Waals surface area contributed by atoms with E-state index in [0.717, 1.165) is 0 Å². The Morgan fingerprint density at radius 3 is 2.23 bits per heavy atom. The van der Waals surface area contributed by atoms with Crippen molar-refractivity contribution in [3.05, 3.63) is 23.8 Å². The Balaban J connectivity index is 2.30. The van der Waals surface area contributed by atoms with Gasteiger partial charge in [-0.25, -0.2) is 0 Å². The van der Waals surface area contributed by atoms with E-state index in [-0.39, 0.29) is 0 Å². The Hall–Kier alpha value is -0.765. The summed E-state index contributed by atoms with van der Waals surface area (Å²) in [5.74, 6) is 0.744. The number of hydrogen-bond donors (Lipinski definition) is 1. The Kier molecular flexibility index (Phi) is 4.56. The first-order chi connectivity index (χ1) is 9.94. The van der Waals surface area contributed by atoms with Gasteiger partial charge in [-0.1, -0.05) is 29.0 Å². The Morgan fingerprint density at radius 2 is 1.68 bits per heavy atom. The average Bonchev–Trinajstić information content (AvgIpc) is 2.67. The minimum absolute atomic E-state index is 0.345. The van der Waals surface area contributed by atoms with Crippen LogP contribution in [-0.2, 0) is 5.21 Å². The fourth-order valence-electron chi connectivity index (χ4n) is 2.37. The van der Waals surface area contributed by atoms with Gasteiger partial charge >= 0.3 is 0 Å². The lowest BCUT2D eigenvalue weighted by atomic mass is 9.44. The van der Waals surface area contributed by atoms with Crippen LogP contribution in [-0.4, -0.2) is 71.8 Å². The highest BCUT2D eigenvalue weighted by molar-refractivity contribution is 6.59. The Labute approximate surface area is 140 Å². The van der Waals surface area contributed by atoms with Gasteiger partial charge in [-0.15, -0.1) is 0 Å². The molecule has 0 bridgehead atoms. The largest absolute Gasteiger partial charge is 0.468 e. The van der Waals surface area contributed by atoms with Crippen LogP contribution < -0.4 is 14.8 Å². The fraction of sp³-hybridized carbons (Fsp3) is 0.500. The van der Waals surface area contributed by atoms with Crippen LogP contribution >= 0.6 is 0 Å². The second kappa shape index (κ2) is 5.70. The van der Waals surface area contributed by atoms with Crippen molar-refractivity contribution >= 4 is 54.9 Å². The van der Waals surface area contributed by atoms with Gasteiger partial charge in [0.2, 0.25) is 0 Å². The molecule has 96 valence electrons. The molecule has 1 atom stereocenters. The number of hydrogen-bond acceptors (Lipinski definition) is 3. The SMILES string of the molecule is [B]C([B])([B])N[C@H](CC)C([B])([B])c1ccc2c(c1)OC([B])([B])O2. The second-order valence-corrected chi connectivity index (χ2v) is 5.56. The van der Waals surface area contributed by atoms with Crippen LogP contribution in [0.15, 0.2) is 18.2 Å². The predicted molar refractivity (Wildman–Crippen MR) is 92.3 cm³/mol. The molecule has 1 aliphatic rings. The molecule has 1 heterocycles. The summed E-state index contributed by atoms with van der Waals surface area (Å²) in [6, 6.07) is 4.41. The summed E-state index contributed by atoms with van der Waals surface area (Å²) in [6.45, 7) is 1.87. The maximum atomic E-state index is 6.25. The van der Waals surface area contributed by atoms with Crippen molar-refractivity contribution in [2.24, 2.45) is 0 Å². The molecule has 0 saturated heterocycles. The molecule has 0 amide bonds. The third-order valence-corrected chi connectivity index (χ3v) is 3.39. The van der Waals surface area contributed by atoms with Gasteiger partial charge in [0, 0.05) is 0 Å². The molecule has 0 saturated carbocycles. The molecule has 14 radical (unpaired) electrons. The van der Waals surface area contributed by atoms with E-state index in [2.05, 4.69) is 5.32 Å². The zero-order chi connectivity index (χ0) is 16.8. The third kappa shape index (κ3) is 3.76. The topological polar surface area (TPSA) is 30.5 Å². The van der Waals surface area contributed by atoms with E-state index in [0.29, 0.717) is 23.5 Å². The molecule has 1 aromatic carbocycles. The van der Waals surface area contributed by atoms with Crippen molar-refractivity contribution in [2.45, 2.75) is 35.4 Å². The van der Waals surface area contributed by atoms with Crippen molar-refractivity contribution in [2.75, 3.05) is 0 Å². The predicted octanol–water partition coefficient (Wildman–Crippen LogP) is -1.62. The van der Waals surface area contributed by atoms with Crippen LogP contribution in [0.3, 0.4) is 0 Å². The highest BCUT2D eigenvalue weighted by atomic mass is 16.7. The van der Waals surface area contributed by atoms with E-state index in [9.17, 15) is 0 Å². The molecule has 0 aromatic heterocycles. The minimum atomic E-state index is -1.71. The summed E-state index contributed by atoms with van der Waals surface area (Å²) in [5.41, 5.74) is -1.16. The number of rotatable bonds is 5. The summed E-state index contributed by atoms with van der Waals surface area (Å²) in [4.78, 5) is 0. The summed E-state index contributed by atoms with van der Waals surface area (Å²) in [5, 5.41) is -0.131. The average molecular weight is 276 g/mol. The third-order valence-electron chi connectivity index (χ3n) is 3.39. The van der Waals surface area contributed by atoms with Crippen LogP contribution in [0.25, 0.3) is 0 Å². The lowest BCUT2D eigenvalue weighted by Crippen LogP contribution is -2.59. The summed E-state index contributed by atoms with van der Waals surface area (Å²) in [6.07, 6.45) is 0.534. The molecule has 0 fully saturated rings. The van der Waals surface area contributed by atoms with E-state index in [1.165, 1.54) is 0 Å². The number of nitrogens with one attached hydrogen (secondary N) is 1. The van der Waals surface area contributed by atoms with Gasteiger partial charge < -0.3 is 14.8 Å². The lowest BCUT2D eigenvalue weighted by molar-refractivity contribution is 0.0833. The van der Waals surface area contributed by atoms with Gasteiger partial charge in [0.25, 0.3) is 0 Å². The molecule has 3 nitrogen and oxygen atoms in total. The number of fused-ring (bicyclic) bond motifs is 1. The van der Waals surface area contributed by atoms with Crippen LogP contribution in [0.1, 0.15) is 18.9 Å². The van der Waals surface area contributed by atoms with Gasteiger partial charge in [-0.2, -0.15) is 0 Å². The monoisotopic (exact) mass is 277 g/mol. The molecule has 10 heteroatoms. The molecule has 22 heavy (non-hydrogen) atoms. The van der Waals surface area contributed by atoms with Crippen molar-refractivity contribution in [3.63, 3.8) is 0 Å². The van der Waals surface area contributed by atoms with Crippen LogP contribution in [0.2, 0.25) is 0 Å². The van der Waals surface area contributed by atoms with Gasteiger partial charge in [0.15, 0.2) is 32.8 Å². The standard InChI is InChI=1S/C12H10B7NO2/c1-2-9(20-11(15,16)17)10(13,14)6-3-4-7-8(5-6)22-12(18,19)21-7/h3-5,9,20H,2H2,1H3/t9-/m1/s1. The van der Waals surface area contributed by atoms with Crippen LogP contribution in [0, 0.1) is 0 Å². The Morgan fingerprint density at radius 1 is 1.09 bits per heavy atom. The molecular weight excluding hydrogens is 266 g/mol. The lowest BCUT2D eigenvalue weighted by Gasteiger charge is -2.41. The maximum Gasteiger partial charge on any atom is 0.175 e. The quantitative estimate of drug-likeness (QED) is 0.656. The summed E-state index contributed by atoms with van der Waals surface area (Å²) >= 11 is 0. The van der Waals surface area contributed by atoms with E-state index < -0.39 is 22.1 Å². The molecule has 1 aliphatic heterocycles. The van der Waals surface area contributed by atoms with E-state index in [1.54, 1.807) is 18.2 Å². The van der Waals surface area contributed by atoms with Gasteiger partial charge in [0.1, 0.15) is 0 Å². The first-order valence-corrected chi connectivity index (χ1v) is 6.77. The molecule has 0 unspecified atom stereocenters. The van der Waals surface area contributed by atoms with Gasteiger partial charge in [0.05, 0.1) is 39.2 Å². The molecular formula is C12H10B7NO2. The molecule has 0 spiro atoms. The maximum absolute atomic E-state index is 6.25. The Bertz CT molecular complexity index is 559. The van der Waals surface area contributed by atoms with Crippen molar-refractivity contribution in [1.82, 2.24) is 5.32 Å². The van der Waals surface area contributed by atoms with Crippen molar-refractivity contribution < 1.29 is 9.47 Å². The van der Waals surface area contributed by atoms with E-state index in [4.69, 9.17) is 64.4 Å². The summed E-state index contributed by atoms with van der Waals surface area (Å²) < 4.78 is 10.5. The van der Waals surface area contributed by atoms with Gasteiger partial charge in [-0.3, -0.25) is 0 Å². The number of ether oxygens (including phenoxy) is 2. The van der Waals surface area contributed by atoms with E-state index in [1.807, 2.05) is 6.92 Å². The zero-order valence-corrected chi connectivity index (χ0v) is 12.4. The number of benzene rings is 1. The molecule has 1 aromatic rings. The summed E-state index contributed by atoms with van der Waals surface area (Å²) in [7, 11) is 40.3. The zero-order valence-electron chi connectivity index (χ0n) is 12.4. The first-order valence-electron chi connectivity index (χ1n) is 6.77. The van der Waals surface area contributed by atoms with E-state index >= 15 is 0 Å². The molecule has 0 aliphatic carbocycles. The van der Waals surface area contributed by atoms with Gasteiger partial charge in [-0.05, 0) is 24.6 Å². The molecule has 2 rings (SSSR count). The fourth-order valence-corrected chi connectivity index (χ4v) is 2.37. The van der Waals surface area contributed by atoms with Crippen molar-refractivity contribution in [1.29, 1.82) is 0 Å². The first kappa shape index (κ1) is 17.6. The smallest absolute Gasteiger partial charge is 0.175 e. The van der Waals surface area contributed by atoms with Crippen LogP contribution in [0.5, 0.6) is 11.5 Å². The minimum Gasteiger partial charge on any atom is -0.468 e. The normalized spacial score (nSPS) is 18.0. The van der Waals surface area contributed by atoms with Crippen molar-refractivity contribution in [3.8, 4) is 11.5 Å². The molecule has 1 N–H and O–H groups in total. The second-order valence-electron chi connectivity index (χ2n) is 5.56. The highest BCUT2D eigenvalue weighted by Gasteiger charge is 2.35.